The number of rotatable bonds is 6. The normalized spacial score (nSPS) is 22.6. The number of ether oxygens (including phenoxy) is 1. The van der Waals surface area contributed by atoms with Crippen molar-refractivity contribution < 1.29 is 19.1 Å². The minimum Gasteiger partial charge on any atom is -0.496 e. The monoisotopic (exact) mass is 421 g/mol. The van der Waals surface area contributed by atoms with Gasteiger partial charge in [-0.15, -0.1) is 0 Å². The van der Waals surface area contributed by atoms with Crippen LogP contribution in [0.15, 0.2) is 48.5 Å². The van der Waals surface area contributed by atoms with Crippen molar-refractivity contribution in [3.05, 3.63) is 65.2 Å². The lowest BCUT2D eigenvalue weighted by Gasteiger charge is -2.27. The predicted molar refractivity (Wildman–Crippen MR) is 116 cm³/mol. The molecule has 2 aromatic rings. The van der Waals surface area contributed by atoms with Crippen LogP contribution in [-0.2, 0) is 22.4 Å². The Morgan fingerprint density at radius 2 is 1.94 bits per heavy atom. The van der Waals surface area contributed by atoms with Gasteiger partial charge in [0.05, 0.1) is 13.2 Å². The number of amides is 4. The first-order chi connectivity index (χ1) is 14.9. The number of para-hydroxylation sites is 1. The van der Waals surface area contributed by atoms with Gasteiger partial charge >= 0.3 is 6.03 Å². The fourth-order valence-electron chi connectivity index (χ4n) is 4.53. The number of hydrogen-bond acceptors (Lipinski definition) is 4. The van der Waals surface area contributed by atoms with Crippen molar-refractivity contribution in [1.29, 1.82) is 0 Å². The van der Waals surface area contributed by atoms with E-state index in [1.807, 2.05) is 42.5 Å². The molecule has 2 atom stereocenters. The van der Waals surface area contributed by atoms with Crippen molar-refractivity contribution in [1.82, 2.24) is 15.5 Å². The summed E-state index contributed by atoms with van der Waals surface area (Å²) in [6, 6.07) is 14.8. The van der Waals surface area contributed by atoms with Gasteiger partial charge in [0, 0.05) is 6.42 Å². The van der Waals surface area contributed by atoms with Crippen LogP contribution in [0.5, 0.6) is 5.75 Å². The standard InChI is InChI=1S/C24H27N3O4/c1-24(14-17-9-4-6-13-20(17)31-2)22(29)27(23(30)26-24)15-21(28)25-19-12-7-10-16-8-3-5-11-18(16)19/h3-6,8-9,11,13,19H,7,10,12,14-15H2,1-2H3,(H,25,28)(H,26,30)/t19-,24+/m0/s1. The van der Waals surface area contributed by atoms with Crippen LogP contribution >= 0.6 is 0 Å². The van der Waals surface area contributed by atoms with Crippen molar-refractivity contribution in [2.24, 2.45) is 0 Å². The highest BCUT2D eigenvalue weighted by Crippen LogP contribution is 2.30. The zero-order chi connectivity index (χ0) is 22.0. The quantitative estimate of drug-likeness (QED) is 0.702. The Labute approximate surface area is 181 Å². The minimum atomic E-state index is -1.14. The molecule has 31 heavy (non-hydrogen) atoms. The third-order valence-corrected chi connectivity index (χ3v) is 6.09. The number of nitrogens with zero attached hydrogens (tertiary/aromatic N) is 1. The number of hydrogen-bond donors (Lipinski definition) is 2. The van der Waals surface area contributed by atoms with Gasteiger partial charge < -0.3 is 15.4 Å². The van der Waals surface area contributed by atoms with E-state index in [0.717, 1.165) is 35.3 Å². The van der Waals surface area contributed by atoms with Crippen LogP contribution in [0.1, 0.15) is 42.5 Å². The fourth-order valence-corrected chi connectivity index (χ4v) is 4.53. The Hall–Kier alpha value is -3.35. The summed E-state index contributed by atoms with van der Waals surface area (Å²) in [5, 5.41) is 5.76. The molecule has 7 nitrogen and oxygen atoms in total. The first-order valence-corrected chi connectivity index (χ1v) is 10.5. The number of carbonyl (C=O) groups is 3. The molecule has 0 unspecified atom stereocenters. The molecule has 4 rings (SSSR count). The highest BCUT2D eigenvalue weighted by molar-refractivity contribution is 6.09. The topological polar surface area (TPSA) is 87.7 Å². The maximum Gasteiger partial charge on any atom is 0.325 e. The van der Waals surface area contributed by atoms with E-state index in [-0.39, 0.29) is 24.9 Å². The van der Waals surface area contributed by atoms with Crippen molar-refractivity contribution in [2.75, 3.05) is 13.7 Å². The molecular formula is C24H27N3O4. The van der Waals surface area contributed by atoms with Gasteiger partial charge in [0.15, 0.2) is 0 Å². The van der Waals surface area contributed by atoms with Crippen molar-refractivity contribution in [2.45, 2.75) is 44.2 Å². The van der Waals surface area contributed by atoms with E-state index in [1.54, 1.807) is 14.0 Å². The van der Waals surface area contributed by atoms with E-state index in [0.29, 0.717) is 5.75 Å². The number of fused-ring (bicyclic) bond motifs is 1. The average Bonchev–Trinajstić information content (AvgIpc) is 2.97. The number of carbonyl (C=O) groups excluding carboxylic acids is 3. The Morgan fingerprint density at radius 3 is 2.74 bits per heavy atom. The summed E-state index contributed by atoms with van der Waals surface area (Å²) in [4.78, 5) is 39.4. The SMILES string of the molecule is COc1ccccc1C[C@@]1(C)NC(=O)N(CC(=O)N[C@H]2CCCc3ccccc32)C1=O. The van der Waals surface area contributed by atoms with Crippen LogP contribution in [0.2, 0.25) is 0 Å². The molecule has 0 saturated carbocycles. The summed E-state index contributed by atoms with van der Waals surface area (Å²) in [7, 11) is 1.57. The van der Waals surface area contributed by atoms with Gasteiger partial charge in [-0.2, -0.15) is 0 Å². The molecule has 4 amide bonds. The van der Waals surface area contributed by atoms with Crippen molar-refractivity contribution >= 4 is 17.8 Å². The van der Waals surface area contributed by atoms with Gasteiger partial charge in [-0.3, -0.25) is 14.5 Å². The number of urea groups is 1. The number of benzene rings is 2. The summed E-state index contributed by atoms with van der Waals surface area (Å²) in [5.74, 6) is -0.104. The third-order valence-electron chi connectivity index (χ3n) is 6.09. The molecule has 2 aliphatic rings. The molecule has 7 heteroatoms. The summed E-state index contributed by atoms with van der Waals surface area (Å²) in [6.45, 7) is 1.37. The van der Waals surface area contributed by atoms with Crippen LogP contribution < -0.4 is 15.4 Å². The van der Waals surface area contributed by atoms with E-state index in [2.05, 4.69) is 16.7 Å². The second-order valence-electron chi connectivity index (χ2n) is 8.35. The van der Waals surface area contributed by atoms with E-state index >= 15 is 0 Å². The lowest BCUT2D eigenvalue weighted by atomic mass is 9.88. The maximum absolute atomic E-state index is 13.1. The second-order valence-corrected chi connectivity index (χ2v) is 8.35. The molecule has 2 N–H and O–H groups in total. The number of nitrogens with one attached hydrogen (secondary N) is 2. The minimum absolute atomic E-state index is 0.0989. The lowest BCUT2D eigenvalue weighted by molar-refractivity contribution is -0.134. The lowest BCUT2D eigenvalue weighted by Crippen LogP contribution is -2.47. The van der Waals surface area contributed by atoms with E-state index < -0.39 is 17.5 Å². The highest BCUT2D eigenvalue weighted by atomic mass is 16.5. The molecule has 0 bridgehead atoms. The largest absolute Gasteiger partial charge is 0.496 e. The van der Waals surface area contributed by atoms with Crippen molar-refractivity contribution in [3.63, 3.8) is 0 Å². The Morgan fingerprint density at radius 1 is 1.19 bits per heavy atom. The number of imide groups is 1. The fraction of sp³-hybridized carbons (Fsp3) is 0.375. The molecule has 1 aliphatic heterocycles. The van der Waals surface area contributed by atoms with Gasteiger partial charge in [-0.05, 0) is 48.9 Å². The van der Waals surface area contributed by atoms with Gasteiger partial charge in [0.25, 0.3) is 5.91 Å². The zero-order valence-electron chi connectivity index (χ0n) is 17.8. The molecule has 0 radical (unpaired) electrons. The van der Waals surface area contributed by atoms with E-state index in [4.69, 9.17) is 4.74 Å². The second kappa shape index (κ2) is 8.41. The molecule has 1 heterocycles. The van der Waals surface area contributed by atoms with Crippen LogP contribution in [0, 0.1) is 0 Å². The molecular weight excluding hydrogens is 394 g/mol. The van der Waals surface area contributed by atoms with Gasteiger partial charge in [0.1, 0.15) is 17.8 Å². The summed E-state index contributed by atoms with van der Waals surface area (Å²) in [5.41, 5.74) is 2.02. The summed E-state index contributed by atoms with van der Waals surface area (Å²) < 4.78 is 5.37. The molecule has 0 spiro atoms. The molecule has 0 aromatic heterocycles. The van der Waals surface area contributed by atoms with Crippen LogP contribution in [0.3, 0.4) is 0 Å². The predicted octanol–water partition coefficient (Wildman–Crippen LogP) is 2.74. The first-order valence-electron chi connectivity index (χ1n) is 10.5. The molecule has 162 valence electrons. The smallest absolute Gasteiger partial charge is 0.325 e. The van der Waals surface area contributed by atoms with E-state index in [1.165, 1.54) is 5.56 Å². The maximum atomic E-state index is 13.1. The number of methoxy groups -OCH3 is 1. The Balaban J connectivity index is 1.44. The highest BCUT2D eigenvalue weighted by Gasteiger charge is 2.48. The van der Waals surface area contributed by atoms with E-state index in [9.17, 15) is 14.4 Å². The molecule has 1 saturated heterocycles. The molecule has 1 aliphatic carbocycles. The van der Waals surface area contributed by atoms with Crippen LogP contribution in [-0.4, -0.2) is 41.9 Å². The zero-order valence-corrected chi connectivity index (χ0v) is 17.8. The summed E-state index contributed by atoms with van der Waals surface area (Å²) >= 11 is 0. The van der Waals surface area contributed by atoms with Crippen LogP contribution in [0.25, 0.3) is 0 Å². The van der Waals surface area contributed by atoms with Gasteiger partial charge in [-0.1, -0.05) is 42.5 Å². The average molecular weight is 421 g/mol. The van der Waals surface area contributed by atoms with Crippen LogP contribution in [0.4, 0.5) is 4.79 Å². The first kappa shape index (κ1) is 20.9. The Kier molecular flexibility index (Phi) is 5.67. The third kappa shape index (κ3) is 4.13. The molecule has 2 aromatic carbocycles. The molecule has 1 fully saturated rings. The number of aryl methyl sites for hydroxylation is 1. The van der Waals surface area contributed by atoms with Gasteiger partial charge in [0.2, 0.25) is 5.91 Å². The van der Waals surface area contributed by atoms with Gasteiger partial charge in [-0.25, -0.2) is 4.79 Å². The van der Waals surface area contributed by atoms with Crippen molar-refractivity contribution in [3.8, 4) is 5.75 Å². The summed E-state index contributed by atoms with van der Waals surface area (Å²) in [6.07, 6.45) is 3.10. The Bertz CT molecular complexity index is 1020.